The summed E-state index contributed by atoms with van der Waals surface area (Å²) in [5.74, 6) is 0.912. The highest BCUT2D eigenvalue weighted by Crippen LogP contribution is 2.51. The summed E-state index contributed by atoms with van der Waals surface area (Å²) in [6.45, 7) is 6.89. The largest absolute Gasteiger partial charge is 0.369 e. The van der Waals surface area contributed by atoms with Crippen LogP contribution in [-0.2, 0) is 4.74 Å². The van der Waals surface area contributed by atoms with E-state index in [2.05, 4.69) is 20.7 Å². The van der Waals surface area contributed by atoms with Crippen LogP contribution in [0.1, 0.15) is 46.0 Å². The Bertz CT molecular complexity index is 196. The molecule has 3 fully saturated rings. The van der Waals surface area contributed by atoms with Gasteiger partial charge in [-0.15, -0.1) is 0 Å². The predicted octanol–water partition coefficient (Wildman–Crippen LogP) is 2.77. The molecule has 2 bridgehead atoms. The fourth-order valence-electron chi connectivity index (χ4n) is 3.46. The van der Waals surface area contributed by atoms with Gasteiger partial charge in [0.25, 0.3) is 0 Å². The topological polar surface area (TPSA) is 9.23 Å². The van der Waals surface area contributed by atoms with Crippen molar-refractivity contribution < 1.29 is 4.74 Å². The molecule has 2 saturated heterocycles. The first kappa shape index (κ1) is 9.58. The normalized spacial score (nSPS) is 50.2. The monoisotopic (exact) mass is 180 g/mol. The van der Waals surface area contributed by atoms with Crippen molar-refractivity contribution in [3.05, 3.63) is 0 Å². The van der Waals surface area contributed by atoms with Crippen molar-refractivity contribution in [3.8, 4) is 0 Å². The summed E-state index contributed by atoms with van der Waals surface area (Å²) < 4.78 is 6.09. The number of hydrogen-bond donors (Lipinski definition) is 0. The third-order valence-electron chi connectivity index (χ3n) is 3.86. The van der Waals surface area contributed by atoms with Gasteiger partial charge in [-0.25, -0.2) is 0 Å². The molecule has 0 spiro atoms. The molecule has 3 rings (SSSR count). The number of ether oxygens (including phenoxy) is 1. The molecule has 1 nitrogen and oxygen atoms in total. The van der Waals surface area contributed by atoms with Gasteiger partial charge in [0.2, 0.25) is 0 Å². The second-order valence-electron chi connectivity index (χ2n) is 5.55. The molecule has 0 aromatic carbocycles. The van der Waals surface area contributed by atoms with Gasteiger partial charge in [0.1, 0.15) is 7.28 Å². The van der Waals surface area contributed by atoms with E-state index in [4.69, 9.17) is 4.74 Å². The maximum atomic E-state index is 6.09. The van der Waals surface area contributed by atoms with Crippen molar-refractivity contribution in [3.63, 3.8) is 0 Å². The lowest BCUT2D eigenvalue weighted by Crippen LogP contribution is -2.57. The fraction of sp³-hybridized carbons (Fsp3) is 1.00. The van der Waals surface area contributed by atoms with Gasteiger partial charge < -0.3 is 4.74 Å². The van der Waals surface area contributed by atoms with Crippen molar-refractivity contribution in [2.24, 2.45) is 0 Å². The molecule has 0 radical (unpaired) electrons. The summed E-state index contributed by atoms with van der Waals surface area (Å²) in [4.78, 5) is 0. The van der Waals surface area contributed by atoms with Gasteiger partial charge in [0, 0.05) is 6.42 Å². The Morgan fingerprint density at radius 3 is 2.62 bits per heavy atom. The number of fused-ring (bicyclic) bond motifs is 4. The lowest BCUT2D eigenvalue weighted by molar-refractivity contribution is -0.266. The zero-order chi connectivity index (χ0) is 9.53. The quantitative estimate of drug-likeness (QED) is 0.563. The second-order valence-corrected chi connectivity index (χ2v) is 5.55. The molecule has 0 N–H and O–H groups in total. The Morgan fingerprint density at radius 2 is 2.00 bits per heavy atom. The molecule has 13 heavy (non-hydrogen) atoms. The van der Waals surface area contributed by atoms with Gasteiger partial charge >= 0.3 is 0 Å². The molecule has 3 atom stereocenters. The number of hydrogen-bond acceptors (Lipinski definition) is 1. The van der Waals surface area contributed by atoms with E-state index in [1.54, 1.807) is 0 Å². The Balaban J connectivity index is 2.01. The molecular formula is C11H21BO. The third kappa shape index (κ3) is 1.78. The molecule has 3 unspecified atom stereocenters. The van der Waals surface area contributed by atoms with Gasteiger partial charge in [-0.1, -0.05) is 25.5 Å². The molecule has 1 saturated carbocycles. The van der Waals surface area contributed by atoms with Crippen molar-refractivity contribution >= 4 is 7.28 Å². The molecule has 2 aliphatic heterocycles. The maximum Gasteiger partial charge on any atom is 0.121 e. The molecule has 3 aliphatic rings. The van der Waals surface area contributed by atoms with Gasteiger partial charge in [0.05, 0.1) is 11.2 Å². The van der Waals surface area contributed by atoms with Crippen molar-refractivity contribution in [2.45, 2.75) is 69.8 Å². The van der Waals surface area contributed by atoms with Crippen molar-refractivity contribution in [1.29, 1.82) is 0 Å². The minimum absolute atomic E-state index is 0.232. The van der Waals surface area contributed by atoms with Gasteiger partial charge in [0.15, 0.2) is 0 Å². The van der Waals surface area contributed by atoms with Crippen LogP contribution in [0.2, 0.25) is 12.6 Å². The van der Waals surface area contributed by atoms with Gasteiger partial charge in [-0.05, 0) is 26.7 Å². The Labute approximate surface area is 82.5 Å². The van der Waals surface area contributed by atoms with Crippen molar-refractivity contribution in [2.75, 3.05) is 0 Å². The molecular weight excluding hydrogens is 159 g/mol. The molecule has 1 aliphatic carbocycles. The van der Waals surface area contributed by atoms with E-state index in [0.29, 0.717) is 0 Å². The first-order chi connectivity index (χ1) is 6.05. The Kier molecular flexibility index (Phi) is 2.22. The zero-order valence-corrected chi connectivity index (χ0v) is 9.23. The van der Waals surface area contributed by atoms with Crippen LogP contribution in [0.4, 0.5) is 0 Å². The van der Waals surface area contributed by atoms with Crippen LogP contribution < -0.4 is 0 Å². The van der Waals surface area contributed by atoms with E-state index < -0.39 is 0 Å². The summed E-state index contributed by atoms with van der Waals surface area (Å²) in [7, 11) is 1.33. The second kappa shape index (κ2) is 3.01. The highest BCUT2D eigenvalue weighted by atomic mass is 16.5. The van der Waals surface area contributed by atoms with E-state index in [1.807, 2.05) is 0 Å². The van der Waals surface area contributed by atoms with E-state index in [1.165, 1.54) is 39.4 Å². The highest BCUT2D eigenvalue weighted by Gasteiger charge is 2.51. The first-order valence-electron chi connectivity index (χ1n) is 5.75. The summed E-state index contributed by atoms with van der Waals surface area (Å²) in [5.41, 5.74) is 0.476. The number of rotatable bonds is 1. The van der Waals surface area contributed by atoms with E-state index in [9.17, 15) is 0 Å². The van der Waals surface area contributed by atoms with E-state index in [-0.39, 0.29) is 11.2 Å². The van der Waals surface area contributed by atoms with Crippen LogP contribution in [0.15, 0.2) is 0 Å². The highest BCUT2D eigenvalue weighted by molar-refractivity contribution is 6.35. The lowest BCUT2D eigenvalue weighted by Gasteiger charge is -2.56. The molecule has 0 aromatic heterocycles. The average Bonchev–Trinajstić information content (AvgIpc) is 1.96. The van der Waals surface area contributed by atoms with E-state index >= 15 is 0 Å². The summed E-state index contributed by atoms with van der Waals surface area (Å²) in [6, 6.07) is 0. The molecule has 2 heteroatoms. The third-order valence-corrected chi connectivity index (χ3v) is 3.86. The summed E-state index contributed by atoms with van der Waals surface area (Å²) in [5, 5.41) is 0. The molecule has 0 amide bonds. The maximum absolute atomic E-state index is 6.09. The average molecular weight is 180 g/mol. The Morgan fingerprint density at radius 1 is 1.31 bits per heavy atom. The minimum atomic E-state index is 0.232. The summed E-state index contributed by atoms with van der Waals surface area (Å²) in [6.07, 6.45) is 6.64. The first-order valence-corrected chi connectivity index (χ1v) is 5.75. The van der Waals surface area contributed by atoms with Gasteiger partial charge in [-0.3, -0.25) is 0 Å². The molecule has 74 valence electrons. The van der Waals surface area contributed by atoms with E-state index in [0.717, 1.165) is 5.82 Å². The molecule has 2 heterocycles. The SMILES string of the molecule is CBC1CCCC2(C)CC(C)(C1)O2. The Hall–Kier alpha value is 0.0249. The van der Waals surface area contributed by atoms with Crippen LogP contribution in [0, 0.1) is 0 Å². The van der Waals surface area contributed by atoms with Gasteiger partial charge in [-0.2, -0.15) is 0 Å². The zero-order valence-electron chi connectivity index (χ0n) is 9.23. The van der Waals surface area contributed by atoms with Crippen LogP contribution in [0.25, 0.3) is 0 Å². The van der Waals surface area contributed by atoms with Crippen LogP contribution >= 0.6 is 0 Å². The van der Waals surface area contributed by atoms with Crippen molar-refractivity contribution in [1.82, 2.24) is 0 Å². The minimum Gasteiger partial charge on any atom is -0.369 e. The lowest BCUT2D eigenvalue weighted by atomic mass is 9.57. The van der Waals surface area contributed by atoms with Crippen LogP contribution in [0.5, 0.6) is 0 Å². The fourth-order valence-corrected chi connectivity index (χ4v) is 3.46. The standard InChI is InChI=1S/C11H21BO/c1-10-6-4-5-9(12-3)7-11(2,8-10)13-10/h9,12H,4-8H2,1-3H3. The predicted molar refractivity (Wildman–Crippen MR) is 57.7 cm³/mol. The smallest absolute Gasteiger partial charge is 0.121 e. The van der Waals surface area contributed by atoms with Crippen LogP contribution in [0.3, 0.4) is 0 Å². The molecule has 0 aromatic rings. The summed E-state index contributed by atoms with van der Waals surface area (Å²) >= 11 is 0. The van der Waals surface area contributed by atoms with Crippen LogP contribution in [-0.4, -0.2) is 18.5 Å².